The first kappa shape index (κ1) is 18.9. The number of aromatic nitrogens is 3. The van der Waals surface area contributed by atoms with E-state index in [1.165, 1.54) is 11.8 Å². The summed E-state index contributed by atoms with van der Waals surface area (Å²) in [6.45, 7) is 1.80. The van der Waals surface area contributed by atoms with Crippen LogP contribution in [-0.4, -0.2) is 32.2 Å². The molecule has 1 fully saturated rings. The minimum absolute atomic E-state index is 0.0291. The van der Waals surface area contributed by atoms with Gasteiger partial charge in [-0.25, -0.2) is 0 Å². The predicted molar refractivity (Wildman–Crippen MR) is 112 cm³/mol. The lowest BCUT2D eigenvalue weighted by molar-refractivity contribution is -0.115. The molecule has 6 nitrogen and oxygen atoms in total. The van der Waals surface area contributed by atoms with Crippen LogP contribution < -0.4 is 5.32 Å². The van der Waals surface area contributed by atoms with Crippen molar-refractivity contribution in [3.05, 3.63) is 47.3 Å². The summed E-state index contributed by atoms with van der Waals surface area (Å²) < 4.78 is 2.17. The highest BCUT2D eigenvalue weighted by Gasteiger charge is 2.30. The Bertz CT molecular complexity index is 976. The number of anilines is 1. The topological polar surface area (TPSA) is 76.9 Å². The summed E-state index contributed by atoms with van der Waals surface area (Å²) in [5.74, 6) is 1.18. The van der Waals surface area contributed by atoms with Gasteiger partial charge in [-0.15, -0.1) is 21.5 Å². The smallest absolute Gasteiger partial charge is 0.224 e. The Balaban J connectivity index is 1.43. The molecule has 1 aromatic carbocycles. The zero-order chi connectivity index (χ0) is 19.5. The van der Waals surface area contributed by atoms with Crippen LogP contribution in [0.1, 0.15) is 42.6 Å². The van der Waals surface area contributed by atoms with E-state index in [0.717, 1.165) is 28.7 Å². The van der Waals surface area contributed by atoms with E-state index in [0.29, 0.717) is 29.5 Å². The van der Waals surface area contributed by atoms with Crippen molar-refractivity contribution < 1.29 is 9.59 Å². The predicted octanol–water partition coefficient (Wildman–Crippen LogP) is 4.67. The van der Waals surface area contributed by atoms with Gasteiger partial charge in [0.05, 0.1) is 10.6 Å². The summed E-state index contributed by atoms with van der Waals surface area (Å²) in [5, 5.41) is 14.3. The number of rotatable bonds is 8. The minimum Gasteiger partial charge on any atom is -0.326 e. The highest BCUT2D eigenvalue weighted by Crippen LogP contribution is 2.41. The maximum absolute atomic E-state index is 12.6. The number of benzene rings is 1. The molecular formula is C20H20N4O2S2. The molecule has 1 aliphatic carbocycles. The van der Waals surface area contributed by atoms with Crippen LogP contribution in [0.3, 0.4) is 0 Å². The maximum Gasteiger partial charge on any atom is 0.224 e. The third-order valence-corrected chi connectivity index (χ3v) is 6.27. The molecule has 3 aromatic rings. The highest BCUT2D eigenvalue weighted by molar-refractivity contribution is 7.99. The molecular weight excluding hydrogens is 392 g/mol. The van der Waals surface area contributed by atoms with Gasteiger partial charge in [-0.1, -0.05) is 24.8 Å². The molecule has 4 rings (SSSR count). The first-order chi connectivity index (χ1) is 13.7. The largest absolute Gasteiger partial charge is 0.326 e. The number of hydrogen-bond acceptors (Lipinski definition) is 6. The third kappa shape index (κ3) is 4.18. The van der Waals surface area contributed by atoms with E-state index in [1.54, 1.807) is 42.5 Å². The lowest BCUT2D eigenvalue weighted by atomic mass is 10.1. The fourth-order valence-electron chi connectivity index (χ4n) is 2.81. The van der Waals surface area contributed by atoms with Crippen LogP contribution in [0.2, 0.25) is 0 Å². The second-order valence-corrected chi connectivity index (χ2v) is 8.47. The normalized spacial score (nSPS) is 13.5. The number of thioether (sulfide) groups is 1. The monoisotopic (exact) mass is 412 g/mol. The molecule has 2 heterocycles. The van der Waals surface area contributed by atoms with E-state index < -0.39 is 0 Å². The van der Waals surface area contributed by atoms with E-state index in [-0.39, 0.29) is 11.7 Å². The first-order valence-corrected chi connectivity index (χ1v) is 11.1. The van der Waals surface area contributed by atoms with Gasteiger partial charge >= 0.3 is 0 Å². The number of hydrogen-bond donors (Lipinski definition) is 1. The van der Waals surface area contributed by atoms with Gasteiger partial charge in [0.2, 0.25) is 5.91 Å². The van der Waals surface area contributed by atoms with Crippen molar-refractivity contribution in [2.45, 2.75) is 37.4 Å². The molecule has 0 aliphatic heterocycles. The lowest BCUT2D eigenvalue weighted by Crippen LogP contribution is -2.10. The Morgan fingerprint density at radius 1 is 1.21 bits per heavy atom. The maximum atomic E-state index is 12.6. The SMILES string of the molecule is CCC(=O)Nc1ccc(C(=O)CSc2nnc(-c3cccs3)n2C2CC2)cc1. The van der Waals surface area contributed by atoms with E-state index in [2.05, 4.69) is 20.1 Å². The Kier molecular flexibility index (Phi) is 5.59. The molecule has 0 bridgehead atoms. The number of thiophene rings is 1. The number of nitrogens with zero attached hydrogens (tertiary/aromatic N) is 3. The van der Waals surface area contributed by atoms with Crippen molar-refractivity contribution in [1.82, 2.24) is 14.8 Å². The average Bonchev–Trinajstić information content (AvgIpc) is 3.23. The zero-order valence-corrected chi connectivity index (χ0v) is 17.1. The lowest BCUT2D eigenvalue weighted by Gasteiger charge is -2.08. The number of amides is 1. The fourth-order valence-corrected chi connectivity index (χ4v) is 4.42. The average molecular weight is 413 g/mol. The summed E-state index contributed by atoms with van der Waals surface area (Å²) in [7, 11) is 0. The molecule has 0 saturated heterocycles. The zero-order valence-electron chi connectivity index (χ0n) is 15.4. The minimum atomic E-state index is -0.0458. The van der Waals surface area contributed by atoms with Crippen molar-refractivity contribution in [3.8, 4) is 10.7 Å². The van der Waals surface area contributed by atoms with Gasteiger partial charge in [0, 0.05) is 23.7 Å². The van der Waals surface area contributed by atoms with Gasteiger partial charge in [0.25, 0.3) is 0 Å². The van der Waals surface area contributed by atoms with E-state index in [9.17, 15) is 9.59 Å². The number of Topliss-reactive ketones (excluding diaryl/α,β-unsaturated/α-hetero) is 1. The molecule has 2 aromatic heterocycles. The summed E-state index contributed by atoms with van der Waals surface area (Å²) in [6.07, 6.45) is 2.68. The van der Waals surface area contributed by atoms with Crippen LogP contribution in [0.25, 0.3) is 10.7 Å². The third-order valence-electron chi connectivity index (χ3n) is 4.46. The molecule has 28 heavy (non-hydrogen) atoms. The molecule has 8 heteroatoms. The molecule has 1 aliphatic rings. The van der Waals surface area contributed by atoms with Crippen molar-refractivity contribution >= 4 is 40.5 Å². The van der Waals surface area contributed by atoms with Crippen LogP contribution in [0, 0.1) is 0 Å². The Morgan fingerprint density at radius 2 is 2.00 bits per heavy atom. The van der Waals surface area contributed by atoms with E-state index >= 15 is 0 Å². The van der Waals surface area contributed by atoms with Crippen LogP contribution in [0.4, 0.5) is 5.69 Å². The summed E-state index contributed by atoms with van der Waals surface area (Å²) >= 11 is 3.08. The molecule has 0 radical (unpaired) electrons. The number of carbonyl (C=O) groups excluding carboxylic acids is 2. The molecule has 0 spiro atoms. The van der Waals surface area contributed by atoms with Crippen molar-refractivity contribution in [2.24, 2.45) is 0 Å². The Labute approximate surface area is 171 Å². The Morgan fingerprint density at radius 3 is 2.64 bits per heavy atom. The number of ketones is 1. The Hall–Kier alpha value is -2.45. The molecule has 1 N–H and O–H groups in total. The van der Waals surface area contributed by atoms with Gasteiger partial charge < -0.3 is 5.32 Å². The van der Waals surface area contributed by atoms with Crippen molar-refractivity contribution in [1.29, 1.82) is 0 Å². The van der Waals surface area contributed by atoms with Gasteiger partial charge in [-0.3, -0.25) is 14.2 Å². The van der Waals surface area contributed by atoms with Gasteiger partial charge in [-0.05, 0) is 48.6 Å². The highest BCUT2D eigenvalue weighted by atomic mass is 32.2. The quantitative estimate of drug-likeness (QED) is 0.430. The molecule has 1 saturated carbocycles. The van der Waals surface area contributed by atoms with Crippen LogP contribution in [-0.2, 0) is 4.79 Å². The van der Waals surface area contributed by atoms with E-state index in [1.807, 2.05) is 17.5 Å². The van der Waals surface area contributed by atoms with Gasteiger partial charge in [0.1, 0.15) is 0 Å². The fraction of sp³-hybridized carbons (Fsp3) is 0.300. The summed E-state index contributed by atoms with van der Waals surface area (Å²) in [5.41, 5.74) is 1.32. The number of nitrogens with one attached hydrogen (secondary N) is 1. The van der Waals surface area contributed by atoms with Crippen LogP contribution in [0.15, 0.2) is 46.9 Å². The standard InChI is InChI=1S/C20H20N4O2S2/c1-2-18(26)21-14-7-5-13(6-8-14)16(25)12-28-20-23-22-19(17-4-3-11-27-17)24(20)15-9-10-15/h3-8,11,15H,2,9-10,12H2,1H3,(H,21,26). The van der Waals surface area contributed by atoms with Gasteiger partial charge in [-0.2, -0.15) is 0 Å². The van der Waals surface area contributed by atoms with E-state index in [4.69, 9.17) is 0 Å². The van der Waals surface area contributed by atoms with Gasteiger partial charge in [0.15, 0.2) is 16.8 Å². The summed E-state index contributed by atoms with van der Waals surface area (Å²) in [4.78, 5) is 25.1. The first-order valence-electron chi connectivity index (χ1n) is 9.20. The second kappa shape index (κ2) is 8.28. The van der Waals surface area contributed by atoms with Crippen LogP contribution in [0.5, 0.6) is 0 Å². The molecule has 1 amide bonds. The molecule has 144 valence electrons. The molecule has 0 atom stereocenters. The number of carbonyl (C=O) groups is 2. The second-order valence-electron chi connectivity index (χ2n) is 6.58. The summed E-state index contributed by atoms with van der Waals surface area (Å²) in [6, 6.07) is 11.5. The molecule has 0 unspecified atom stereocenters. The van der Waals surface area contributed by atoms with Crippen molar-refractivity contribution in [2.75, 3.05) is 11.1 Å². The van der Waals surface area contributed by atoms with Crippen molar-refractivity contribution in [3.63, 3.8) is 0 Å². The van der Waals surface area contributed by atoms with Crippen LogP contribution >= 0.6 is 23.1 Å².